The van der Waals surface area contributed by atoms with E-state index in [9.17, 15) is 0 Å². The lowest BCUT2D eigenvalue weighted by molar-refractivity contribution is 0.670. The Morgan fingerprint density at radius 3 is 1.91 bits per heavy atom. The average Bonchev–Trinajstić information content (AvgIpc) is 3.67. The van der Waals surface area contributed by atoms with Gasteiger partial charge in [-0.3, -0.25) is 0 Å². The highest BCUT2D eigenvalue weighted by Gasteiger charge is 2.25. The van der Waals surface area contributed by atoms with Gasteiger partial charge in [-0.05, 0) is 69.1 Å². The van der Waals surface area contributed by atoms with Gasteiger partial charge in [0.2, 0.25) is 0 Å². The quantitative estimate of drug-likeness (QED) is 0.202. The summed E-state index contributed by atoms with van der Waals surface area (Å²) in [5, 5.41) is 9.62. The van der Waals surface area contributed by atoms with Crippen LogP contribution in [0.4, 0.5) is 0 Å². The van der Waals surface area contributed by atoms with Gasteiger partial charge < -0.3 is 8.98 Å². The first kappa shape index (κ1) is 25.2. The van der Waals surface area contributed by atoms with Gasteiger partial charge in [0.15, 0.2) is 0 Å². The van der Waals surface area contributed by atoms with E-state index in [4.69, 9.17) is 4.42 Å². The Balaban J connectivity index is 1.41. The van der Waals surface area contributed by atoms with E-state index in [-0.39, 0.29) is 0 Å². The van der Waals surface area contributed by atoms with Crippen molar-refractivity contribution in [2.75, 3.05) is 0 Å². The number of aromatic nitrogens is 1. The van der Waals surface area contributed by atoms with Gasteiger partial charge in [-0.1, -0.05) is 127 Å². The summed E-state index contributed by atoms with van der Waals surface area (Å²) in [5.74, 6) is 0. The second-order valence-corrected chi connectivity index (χ2v) is 12.0. The number of hydrogen-bond donors (Lipinski definition) is 0. The van der Waals surface area contributed by atoms with Gasteiger partial charge in [-0.25, -0.2) is 0 Å². The Labute approximate surface area is 265 Å². The average molecular weight is 586 g/mol. The monoisotopic (exact) mass is 585 g/mol. The van der Waals surface area contributed by atoms with Crippen LogP contribution in [0.2, 0.25) is 0 Å². The maximum absolute atomic E-state index is 6.89. The Morgan fingerprint density at radius 2 is 1.07 bits per heavy atom. The lowest BCUT2D eigenvalue weighted by Gasteiger charge is -2.16. The van der Waals surface area contributed by atoms with E-state index in [2.05, 4.69) is 168 Å². The summed E-state index contributed by atoms with van der Waals surface area (Å²) < 4.78 is 9.28. The molecule has 2 nitrogen and oxygen atoms in total. The molecule has 0 N–H and O–H groups in total. The number of rotatable bonds is 3. The zero-order chi connectivity index (χ0) is 30.2. The normalized spacial score (nSPS) is 11.9. The van der Waals surface area contributed by atoms with Gasteiger partial charge in [0.05, 0.1) is 11.0 Å². The highest BCUT2D eigenvalue weighted by atomic mass is 16.3. The predicted molar refractivity (Wildman–Crippen MR) is 194 cm³/mol. The summed E-state index contributed by atoms with van der Waals surface area (Å²) in [4.78, 5) is 0. The molecule has 0 atom stereocenters. The summed E-state index contributed by atoms with van der Waals surface area (Å²) in [5.41, 5.74) is 10.1. The van der Waals surface area contributed by atoms with Crippen molar-refractivity contribution >= 4 is 65.3 Å². The Hall–Kier alpha value is -6.12. The highest BCUT2D eigenvalue weighted by Crippen LogP contribution is 2.50. The van der Waals surface area contributed by atoms with Gasteiger partial charge >= 0.3 is 0 Å². The van der Waals surface area contributed by atoms with Crippen LogP contribution in [0.1, 0.15) is 0 Å². The number of benzene rings is 8. The maximum Gasteiger partial charge on any atom is 0.144 e. The van der Waals surface area contributed by atoms with E-state index in [1.165, 1.54) is 54.5 Å². The van der Waals surface area contributed by atoms with Crippen molar-refractivity contribution in [1.82, 2.24) is 4.57 Å². The Bertz CT molecular complexity index is 2800. The molecule has 10 aromatic rings. The Morgan fingerprint density at radius 1 is 0.413 bits per heavy atom. The van der Waals surface area contributed by atoms with Gasteiger partial charge in [-0.15, -0.1) is 0 Å². The molecule has 214 valence electrons. The van der Waals surface area contributed by atoms with Crippen molar-refractivity contribution in [2.24, 2.45) is 0 Å². The molecule has 0 saturated heterocycles. The van der Waals surface area contributed by atoms with E-state index in [0.717, 1.165) is 38.8 Å². The highest BCUT2D eigenvalue weighted by molar-refractivity contribution is 6.30. The first-order valence-corrected chi connectivity index (χ1v) is 15.8. The fourth-order valence-corrected chi connectivity index (χ4v) is 7.64. The van der Waals surface area contributed by atoms with E-state index in [0.29, 0.717) is 0 Å². The predicted octanol–water partition coefficient (Wildman–Crippen LogP) is 12.3. The Kier molecular flexibility index (Phi) is 5.31. The minimum atomic E-state index is 0.898. The van der Waals surface area contributed by atoms with Crippen LogP contribution >= 0.6 is 0 Å². The molecule has 0 aliphatic carbocycles. The molecule has 0 aliphatic rings. The minimum absolute atomic E-state index is 0.898. The van der Waals surface area contributed by atoms with Crippen LogP contribution < -0.4 is 0 Å². The maximum atomic E-state index is 6.89. The van der Waals surface area contributed by atoms with Gasteiger partial charge in [0, 0.05) is 38.4 Å². The summed E-state index contributed by atoms with van der Waals surface area (Å²) in [7, 11) is 0. The third-order valence-electron chi connectivity index (χ3n) is 9.56. The molecule has 8 aromatic carbocycles. The zero-order valence-corrected chi connectivity index (χ0v) is 24.9. The third kappa shape index (κ3) is 3.53. The molecule has 10 rings (SSSR count). The topological polar surface area (TPSA) is 18.1 Å². The molecule has 0 bridgehead atoms. The van der Waals surface area contributed by atoms with Crippen molar-refractivity contribution in [3.8, 4) is 27.9 Å². The smallest absolute Gasteiger partial charge is 0.144 e. The molecule has 2 heterocycles. The minimum Gasteiger partial charge on any atom is -0.455 e. The standard InChI is InChI=1S/C44H27NO/c1-2-15-31(16-3-1)45-37-22-10-8-19-34(37)41-36(21-12-23-38(41)45)42-33-18-7-6-17-32(33)40(30-26-25-28-13-4-5-14-29(28)27-30)44-43(42)35-20-9-11-24-39(35)46-44/h1-27H. The summed E-state index contributed by atoms with van der Waals surface area (Å²) in [6.45, 7) is 0. The number of nitrogens with zero attached hydrogens (tertiary/aromatic N) is 1. The van der Waals surface area contributed by atoms with E-state index < -0.39 is 0 Å². The fraction of sp³-hybridized carbons (Fsp3) is 0. The van der Waals surface area contributed by atoms with Gasteiger partial charge in [0.1, 0.15) is 11.2 Å². The third-order valence-corrected chi connectivity index (χ3v) is 9.56. The number of hydrogen-bond acceptors (Lipinski definition) is 1. The van der Waals surface area contributed by atoms with Crippen LogP contribution in [0.15, 0.2) is 168 Å². The zero-order valence-electron chi connectivity index (χ0n) is 24.9. The van der Waals surface area contributed by atoms with Crippen molar-refractivity contribution in [3.63, 3.8) is 0 Å². The van der Waals surface area contributed by atoms with E-state index in [1.807, 2.05) is 0 Å². The van der Waals surface area contributed by atoms with Crippen molar-refractivity contribution in [2.45, 2.75) is 0 Å². The van der Waals surface area contributed by atoms with Crippen molar-refractivity contribution in [3.05, 3.63) is 164 Å². The van der Waals surface area contributed by atoms with Crippen LogP contribution in [0.3, 0.4) is 0 Å². The molecular formula is C44H27NO. The van der Waals surface area contributed by atoms with Gasteiger partial charge in [0.25, 0.3) is 0 Å². The van der Waals surface area contributed by atoms with E-state index in [1.54, 1.807) is 0 Å². The molecule has 0 spiro atoms. The van der Waals surface area contributed by atoms with Crippen molar-refractivity contribution in [1.29, 1.82) is 0 Å². The van der Waals surface area contributed by atoms with Gasteiger partial charge in [-0.2, -0.15) is 0 Å². The molecule has 0 amide bonds. The van der Waals surface area contributed by atoms with Crippen molar-refractivity contribution < 1.29 is 4.42 Å². The molecule has 2 heteroatoms. The first-order valence-electron chi connectivity index (χ1n) is 15.8. The number of fused-ring (bicyclic) bond motifs is 8. The summed E-state index contributed by atoms with van der Waals surface area (Å²) in [6.07, 6.45) is 0. The van der Waals surface area contributed by atoms with E-state index >= 15 is 0 Å². The van der Waals surface area contributed by atoms with Crippen LogP contribution in [0, 0.1) is 0 Å². The molecule has 0 radical (unpaired) electrons. The molecule has 0 fully saturated rings. The van der Waals surface area contributed by atoms with Crippen LogP contribution in [0.25, 0.3) is 93.2 Å². The SMILES string of the molecule is c1ccc(-n2c3ccccc3c3c(-c4c5ccccc5c(-c5ccc6ccccc6c5)c5oc6ccccc6c45)cccc32)cc1. The fourth-order valence-electron chi connectivity index (χ4n) is 7.64. The van der Waals surface area contributed by atoms with Crippen LogP contribution in [0.5, 0.6) is 0 Å². The van der Waals surface area contributed by atoms with Crippen LogP contribution in [-0.2, 0) is 0 Å². The first-order chi connectivity index (χ1) is 22.8. The molecule has 0 unspecified atom stereocenters. The molecular weight excluding hydrogens is 558 g/mol. The molecule has 0 aliphatic heterocycles. The lowest BCUT2D eigenvalue weighted by Crippen LogP contribution is -1.93. The summed E-state index contributed by atoms with van der Waals surface area (Å²) in [6, 6.07) is 58.9. The summed E-state index contributed by atoms with van der Waals surface area (Å²) >= 11 is 0. The lowest BCUT2D eigenvalue weighted by atomic mass is 9.86. The van der Waals surface area contributed by atoms with Crippen LogP contribution in [-0.4, -0.2) is 4.57 Å². The number of para-hydroxylation sites is 3. The molecule has 0 saturated carbocycles. The molecule has 46 heavy (non-hydrogen) atoms. The largest absolute Gasteiger partial charge is 0.455 e. The second-order valence-electron chi connectivity index (χ2n) is 12.0. The number of furan rings is 1. The second kappa shape index (κ2) is 9.69. The molecule has 2 aromatic heterocycles.